The third kappa shape index (κ3) is 4.77. The molecule has 6 N–H and O–H groups in total. The van der Waals surface area contributed by atoms with Crippen LogP contribution in [0.2, 0.25) is 0 Å². The van der Waals surface area contributed by atoms with E-state index in [-0.39, 0.29) is 29.3 Å². The van der Waals surface area contributed by atoms with Crippen molar-refractivity contribution in [3.63, 3.8) is 0 Å². The number of amides is 1. The van der Waals surface area contributed by atoms with E-state index < -0.39 is 11.7 Å². The van der Waals surface area contributed by atoms with Gasteiger partial charge in [0.2, 0.25) is 0 Å². The quantitative estimate of drug-likeness (QED) is 0.480. The lowest BCUT2D eigenvalue weighted by Crippen LogP contribution is -2.43. The standard InChI is InChI=1S/C22H24FN7O/c23-16-10-15(20(25)31)21(30-22(16)29-19-7-2-1-5-17(19)24)28-14-9-13(11-26-12-14)18-6-3-4-8-27-18/h3-4,6,8-12,17,19H,1-2,5,7,24H2,(H2,25,31)(H2,28,29,30)/t17-,19+/m0/s1. The topological polar surface area (TPSA) is 132 Å². The fraction of sp³-hybridized carbons (Fsp3) is 0.273. The third-order valence-electron chi connectivity index (χ3n) is 5.34. The van der Waals surface area contributed by atoms with Crippen LogP contribution in [0.3, 0.4) is 0 Å². The fourth-order valence-corrected chi connectivity index (χ4v) is 3.71. The molecule has 1 amide bonds. The van der Waals surface area contributed by atoms with E-state index in [2.05, 4.69) is 25.6 Å². The number of rotatable bonds is 6. The van der Waals surface area contributed by atoms with Gasteiger partial charge in [-0.1, -0.05) is 18.9 Å². The summed E-state index contributed by atoms with van der Waals surface area (Å²) in [5, 5.41) is 6.14. The van der Waals surface area contributed by atoms with Crippen LogP contribution >= 0.6 is 0 Å². The Morgan fingerprint density at radius 1 is 1.13 bits per heavy atom. The zero-order valence-electron chi connectivity index (χ0n) is 16.9. The van der Waals surface area contributed by atoms with Gasteiger partial charge in [0.25, 0.3) is 5.91 Å². The van der Waals surface area contributed by atoms with Crippen molar-refractivity contribution in [1.82, 2.24) is 15.0 Å². The van der Waals surface area contributed by atoms with Gasteiger partial charge < -0.3 is 22.1 Å². The molecule has 0 aromatic carbocycles. The summed E-state index contributed by atoms with van der Waals surface area (Å²) in [7, 11) is 0. The van der Waals surface area contributed by atoms with Gasteiger partial charge in [-0.05, 0) is 37.1 Å². The number of hydrogen-bond acceptors (Lipinski definition) is 7. The summed E-state index contributed by atoms with van der Waals surface area (Å²) in [6.07, 6.45) is 8.72. The lowest BCUT2D eigenvalue weighted by molar-refractivity contribution is 0.100. The highest BCUT2D eigenvalue weighted by Gasteiger charge is 2.24. The molecule has 0 radical (unpaired) electrons. The molecule has 1 aliphatic carbocycles. The van der Waals surface area contributed by atoms with E-state index in [0.717, 1.165) is 43.0 Å². The molecule has 4 rings (SSSR count). The molecule has 0 unspecified atom stereocenters. The van der Waals surface area contributed by atoms with Crippen LogP contribution in [-0.4, -0.2) is 32.9 Å². The molecule has 31 heavy (non-hydrogen) atoms. The average Bonchev–Trinajstić information content (AvgIpc) is 2.78. The molecular weight excluding hydrogens is 397 g/mol. The van der Waals surface area contributed by atoms with Crippen LogP contribution in [0, 0.1) is 5.82 Å². The number of aromatic nitrogens is 3. The zero-order valence-corrected chi connectivity index (χ0v) is 16.9. The Balaban J connectivity index is 1.64. The Bertz CT molecular complexity index is 1080. The molecule has 2 atom stereocenters. The number of nitrogens with two attached hydrogens (primary N) is 2. The number of nitrogens with zero attached hydrogens (tertiary/aromatic N) is 3. The van der Waals surface area contributed by atoms with E-state index in [4.69, 9.17) is 11.5 Å². The van der Waals surface area contributed by atoms with Crippen LogP contribution in [0.5, 0.6) is 0 Å². The highest BCUT2D eigenvalue weighted by molar-refractivity contribution is 5.98. The lowest BCUT2D eigenvalue weighted by Gasteiger charge is -2.30. The second-order valence-electron chi connectivity index (χ2n) is 7.58. The molecule has 1 fully saturated rings. The smallest absolute Gasteiger partial charge is 0.252 e. The average molecular weight is 421 g/mol. The van der Waals surface area contributed by atoms with Gasteiger partial charge in [-0.15, -0.1) is 0 Å². The molecular formula is C22H24FN7O. The summed E-state index contributed by atoms with van der Waals surface area (Å²) >= 11 is 0. The maximum Gasteiger partial charge on any atom is 0.252 e. The Morgan fingerprint density at radius 2 is 1.97 bits per heavy atom. The van der Waals surface area contributed by atoms with Crippen LogP contribution in [-0.2, 0) is 0 Å². The number of primary amides is 1. The molecule has 1 saturated carbocycles. The van der Waals surface area contributed by atoms with Gasteiger partial charge in [-0.3, -0.25) is 14.8 Å². The van der Waals surface area contributed by atoms with Crippen molar-refractivity contribution >= 4 is 23.2 Å². The van der Waals surface area contributed by atoms with Crippen molar-refractivity contribution in [1.29, 1.82) is 0 Å². The summed E-state index contributed by atoms with van der Waals surface area (Å²) in [6.45, 7) is 0. The van der Waals surface area contributed by atoms with Crippen LogP contribution < -0.4 is 22.1 Å². The van der Waals surface area contributed by atoms with Crippen molar-refractivity contribution in [3.8, 4) is 11.3 Å². The molecule has 3 aromatic heterocycles. The summed E-state index contributed by atoms with van der Waals surface area (Å²) in [4.78, 5) is 24.8. The molecule has 160 valence electrons. The highest BCUT2D eigenvalue weighted by atomic mass is 19.1. The summed E-state index contributed by atoms with van der Waals surface area (Å²) in [5.74, 6) is -1.27. The predicted molar refractivity (Wildman–Crippen MR) is 117 cm³/mol. The fourth-order valence-electron chi connectivity index (χ4n) is 3.71. The number of hydrogen-bond donors (Lipinski definition) is 4. The number of nitrogens with one attached hydrogen (secondary N) is 2. The summed E-state index contributed by atoms with van der Waals surface area (Å²) in [6, 6.07) is 8.30. The first-order valence-corrected chi connectivity index (χ1v) is 10.2. The van der Waals surface area contributed by atoms with E-state index in [1.54, 1.807) is 18.6 Å². The molecule has 1 aliphatic rings. The SMILES string of the molecule is NC(=O)c1cc(F)c(N[C@@H]2CCCC[C@@H]2N)nc1Nc1cncc(-c2ccccn2)c1. The first-order chi connectivity index (χ1) is 15.0. The van der Waals surface area contributed by atoms with E-state index in [9.17, 15) is 9.18 Å². The minimum Gasteiger partial charge on any atom is -0.365 e. The van der Waals surface area contributed by atoms with Gasteiger partial charge in [0.1, 0.15) is 5.82 Å². The number of pyridine rings is 3. The van der Waals surface area contributed by atoms with Gasteiger partial charge in [0.05, 0.1) is 23.1 Å². The van der Waals surface area contributed by atoms with Crippen LogP contribution in [0.25, 0.3) is 11.3 Å². The van der Waals surface area contributed by atoms with Crippen molar-refractivity contribution in [2.24, 2.45) is 11.5 Å². The zero-order chi connectivity index (χ0) is 21.8. The normalized spacial score (nSPS) is 18.4. The Hall–Kier alpha value is -3.59. The molecule has 8 nitrogen and oxygen atoms in total. The number of carbonyl (C=O) groups excluding carboxylic acids is 1. The van der Waals surface area contributed by atoms with Crippen molar-refractivity contribution < 1.29 is 9.18 Å². The van der Waals surface area contributed by atoms with E-state index in [1.807, 2.05) is 24.3 Å². The minimum absolute atomic E-state index is 0.0312. The molecule has 0 spiro atoms. The second-order valence-corrected chi connectivity index (χ2v) is 7.58. The van der Waals surface area contributed by atoms with Gasteiger partial charge >= 0.3 is 0 Å². The second kappa shape index (κ2) is 9.05. The van der Waals surface area contributed by atoms with Gasteiger partial charge in [0.15, 0.2) is 11.6 Å². The van der Waals surface area contributed by atoms with Crippen LogP contribution in [0.4, 0.5) is 21.7 Å². The molecule has 9 heteroatoms. The predicted octanol–water partition coefficient (Wildman–Crippen LogP) is 3.20. The minimum atomic E-state index is -0.788. The Morgan fingerprint density at radius 3 is 2.71 bits per heavy atom. The Kier molecular flexibility index (Phi) is 6.03. The first-order valence-electron chi connectivity index (χ1n) is 10.2. The highest BCUT2D eigenvalue weighted by Crippen LogP contribution is 2.27. The maximum absolute atomic E-state index is 14.7. The Labute approximate surface area is 179 Å². The molecule has 0 bridgehead atoms. The van der Waals surface area contributed by atoms with Crippen LogP contribution in [0.1, 0.15) is 36.0 Å². The molecule has 0 aliphatic heterocycles. The van der Waals surface area contributed by atoms with Gasteiger partial charge in [0, 0.05) is 30.0 Å². The first kappa shape index (κ1) is 20.7. The lowest BCUT2D eigenvalue weighted by atomic mass is 9.91. The van der Waals surface area contributed by atoms with Crippen molar-refractivity contribution in [2.45, 2.75) is 37.8 Å². The van der Waals surface area contributed by atoms with Gasteiger partial charge in [-0.2, -0.15) is 0 Å². The number of anilines is 3. The third-order valence-corrected chi connectivity index (χ3v) is 5.34. The summed E-state index contributed by atoms with van der Waals surface area (Å²) in [5.41, 5.74) is 13.7. The monoisotopic (exact) mass is 421 g/mol. The van der Waals surface area contributed by atoms with Crippen molar-refractivity contribution in [3.05, 3.63) is 60.3 Å². The summed E-state index contributed by atoms with van der Waals surface area (Å²) < 4.78 is 14.7. The molecule has 0 saturated heterocycles. The number of carbonyl (C=O) groups is 1. The molecule has 3 heterocycles. The number of halogens is 1. The van der Waals surface area contributed by atoms with E-state index in [1.165, 1.54) is 0 Å². The van der Waals surface area contributed by atoms with E-state index in [0.29, 0.717) is 5.69 Å². The molecule has 3 aromatic rings. The van der Waals surface area contributed by atoms with Gasteiger partial charge in [-0.25, -0.2) is 9.37 Å². The van der Waals surface area contributed by atoms with Crippen molar-refractivity contribution in [2.75, 3.05) is 10.6 Å². The van der Waals surface area contributed by atoms with Crippen LogP contribution in [0.15, 0.2) is 48.9 Å². The van der Waals surface area contributed by atoms with E-state index >= 15 is 0 Å². The largest absolute Gasteiger partial charge is 0.365 e. The maximum atomic E-state index is 14.7.